The molecule has 0 spiro atoms. The number of rotatable bonds is 1. The number of halogens is 3. The molecule has 2 N–H and O–H groups in total. The topological polar surface area (TPSA) is 29.3 Å². The summed E-state index contributed by atoms with van der Waals surface area (Å²) in [6.45, 7) is 6.96. The minimum atomic E-state index is -1.43. The van der Waals surface area contributed by atoms with Crippen LogP contribution in [0.4, 0.5) is 13.2 Å². The van der Waals surface area contributed by atoms with Crippen molar-refractivity contribution in [3.8, 4) is 0 Å². The van der Waals surface area contributed by atoms with Crippen LogP contribution in [0, 0.1) is 17.5 Å². The summed E-state index contributed by atoms with van der Waals surface area (Å²) in [5.74, 6) is -3.74. The lowest BCUT2D eigenvalue weighted by Gasteiger charge is -2.43. The van der Waals surface area contributed by atoms with Gasteiger partial charge >= 0.3 is 0 Å². The molecule has 0 aromatic heterocycles. The van der Waals surface area contributed by atoms with Gasteiger partial charge in [-0.15, -0.1) is 0 Å². The van der Waals surface area contributed by atoms with Gasteiger partial charge in [0.05, 0.1) is 6.04 Å². The molecule has 0 saturated carbocycles. The summed E-state index contributed by atoms with van der Waals surface area (Å²) in [6, 6.07) is 1.62. The Balaban J connectivity index is 2.49. The van der Waals surface area contributed by atoms with Crippen LogP contribution >= 0.6 is 0 Å². The first-order chi connectivity index (χ1) is 9.71. The van der Waals surface area contributed by atoms with Crippen LogP contribution in [0.5, 0.6) is 0 Å². The smallest absolute Gasteiger partial charge is 0.194 e. The first-order valence-electron chi connectivity index (χ1n) is 7.38. The minimum Gasteiger partial charge on any atom is -0.326 e. The lowest BCUT2D eigenvalue weighted by Crippen LogP contribution is -2.49. The van der Waals surface area contributed by atoms with E-state index >= 15 is 0 Å². The summed E-state index contributed by atoms with van der Waals surface area (Å²) in [5, 5.41) is 0. The molecule has 1 fully saturated rings. The third-order valence-corrected chi connectivity index (χ3v) is 4.14. The number of likely N-dealkylation sites (tertiary alicyclic amines) is 1. The van der Waals surface area contributed by atoms with Crippen LogP contribution in [0.2, 0.25) is 0 Å². The second-order valence-corrected chi connectivity index (χ2v) is 6.77. The molecule has 0 bridgehead atoms. The van der Waals surface area contributed by atoms with Crippen molar-refractivity contribution in [1.82, 2.24) is 4.90 Å². The number of hydrogen-bond acceptors (Lipinski definition) is 2. The van der Waals surface area contributed by atoms with Crippen LogP contribution in [-0.2, 0) is 0 Å². The third kappa shape index (κ3) is 3.40. The van der Waals surface area contributed by atoms with Crippen LogP contribution in [0.25, 0.3) is 0 Å². The predicted molar refractivity (Wildman–Crippen MR) is 77.3 cm³/mol. The zero-order valence-corrected chi connectivity index (χ0v) is 12.8. The standard InChI is InChI=1S/C16H23F3N2/c1-16(2,3)21-7-5-4-6-13(20)15(21)10-8-11(17)14(19)12(18)9-10/h8-9,13,15H,4-7,20H2,1-3H3. The molecule has 1 aliphatic rings. The first kappa shape index (κ1) is 16.3. The SMILES string of the molecule is CC(C)(C)N1CCCCC(N)C1c1cc(F)c(F)c(F)c1. The van der Waals surface area contributed by atoms with Crippen molar-refractivity contribution in [2.45, 2.75) is 57.7 Å². The van der Waals surface area contributed by atoms with Gasteiger partial charge in [-0.2, -0.15) is 0 Å². The molecule has 2 rings (SSSR count). The summed E-state index contributed by atoms with van der Waals surface area (Å²) < 4.78 is 40.3. The van der Waals surface area contributed by atoms with Crippen molar-refractivity contribution in [2.24, 2.45) is 5.73 Å². The quantitative estimate of drug-likeness (QED) is 0.800. The summed E-state index contributed by atoms with van der Waals surface area (Å²) in [4.78, 5) is 2.16. The van der Waals surface area contributed by atoms with E-state index in [2.05, 4.69) is 4.90 Å². The van der Waals surface area contributed by atoms with Gasteiger partial charge in [0.1, 0.15) is 0 Å². The predicted octanol–water partition coefficient (Wildman–Crippen LogP) is 3.76. The second-order valence-electron chi connectivity index (χ2n) is 6.77. The average molecular weight is 300 g/mol. The Kier molecular flexibility index (Phi) is 4.63. The molecule has 5 heteroatoms. The van der Waals surface area contributed by atoms with Crippen molar-refractivity contribution in [3.05, 3.63) is 35.1 Å². The van der Waals surface area contributed by atoms with Crippen molar-refractivity contribution < 1.29 is 13.2 Å². The Morgan fingerprint density at radius 2 is 1.67 bits per heavy atom. The number of hydrogen-bond donors (Lipinski definition) is 1. The minimum absolute atomic E-state index is 0.187. The van der Waals surface area contributed by atoms with E-state index in [1.807, 2.05) is 20.8 Å². The van der Waals surface area contributed by atoms with Crippen LogP contribution in [0.3, 0.4) is 0 Å². The van der Waals surface area contributed by atoms with Gasteiger partial charge in [0.2, 0.25) is 0 Å². The van der Waals surface area contributed by atoms with Gasteiger partial charge in [0, 0.05) is 11.6 Å². The molecular weight excluding hydrogens is 277 g/mol. The Hall–Kier alpha value is -1.07. The first-order valence-corrected chi connectivity index (χ1v) is 7.38. The van der Waals surface area contributed by atoms with E-state index in [4.69, 9.17) is 5.73 Å². The van der Waals surface area contributed by atoms with Gasteiger partial charge in [0.15, 0.2) is 17.5 Å². The molecule has 1 aliphatic heterocycles. The molecular formula is C16H23F3N2. The Bertz CT molecular complexity index is 488. The molecule has 2 nitrogen and oxygen atoms in total. The molecule has 0 amide bonds. The number of benzene rings is 1. The molecule has 1 saturated heterocycles. The van der Waals surface area contributed by atoms with Crippen molar-refractivity contribution in [3.63, 3.8) is 0 Å². The lowest BCUT2D eigenvalue weighted by molar-refractivity contribution is 0.0751. The monoisotopic (exact) mass is 300 g/mol. The number of nitrogens with zero attached hydrogens (tertiary/aromatic N) is 1. The normalized spacial score (nSPS) is 24.9. The van der Waals surface area contributed by atoms with Gasteiger partial charge in [0.25, 0.3) is 0 Å². The van der Waals surface area contributed by atoms with E-state index < -0.39 is 17.5 Å². The molecule has 1 aromatic rings. The van der Waals surface area contributed by atoms with Crippen LogP contribution in [0.1, 0.15) is 51.6 Å². The van der Waals surface area contributed by atoms with Crippen LogP contribution in [0.15, 0.2) is 12.1 Å². The summed E-state index contributed by atoms with van der Waals surface area (Å²) >= 11 is 0. The van der Waals surface area contributed by atoms with Crippen molar-refractivity contribution >= 4 is 0 Å². The van der Waals surface area contributed by atoms with E-state index in [1.165, 1.54) is 0 Å². The number of nitrogens with two attached hydrogens (primary N) is 1. The molecule has 1 aromatic carbocycles. The fourth-order valence-electron chi connectivity index (χ4n) is 3.12. The third-order valence-electron chi connectivity index (χ3n) is 4.14. The Morgan fingerprint density at radius 1 is 1.10 bits per heavy atom. The molecule has 2 unspecified atom stereocenters. The second kappa shape index (κ2) is 5.97. The van der Waals surface area contributed by atoms with E-state index in [1.54, 1.807) is 0 Å². The highest BCUT2D eigenvalue weighted by molar-refractivity contribution is 5.25. The van der Waals surface area contributed by atoms with Gasteiger partial charge in [-0.25, -0.2) is 13.2 Å². The maximum Gasteiger partial charge on any atom is 0.194 e. The largest absolute Gasteiger partial charge is 0.326 e. The highest BCUT2D eigenvalue weighted by Crippen LogP contribution is 2.35. The highest BCUT2D eigenvalue weighted by atomic mass is 19.2. The van der Waals surface area contributed by atoms with Crippen LogP contribution in [-0.4, -0.2) is 23.0 Å². The molecule has 2 atom stereocenters. The van der Waals surface area contributed by atoms with E-state index in [-0.39, 0.29) is 17.6 Å². The van der Waals surface area contributed by atoms with E-state index in [0.29, 0.717) is 5.56 Å². The lowest BCUT2D eigenvalue weighted by atomic mass is 9.92. The maximum atomic E-state index is 13.6. The Morgan fingerprint density at radius 3 is 2.19 bits per heavy atom. The van der Waals surface area contributed by atoms with Gasteiger partial charge in [-0.1, -0.05) is 6.42 Å². The maximum absolute atomic E-state index is 13.6. The summed E-state index contributed by atoms with van der Waals surface area (Å²) in [5.41, 5.74) is 6.48. The molecule has 118 valence electrons. The molecule has 21 heavy (non-hydrogen) atoms. The molecule has 0 aliphatic carbocycles. The van der Waals surface area contributed by atoms with Gasteiger partial charge < -0.3 is 5.73 Å². The highest BCUT2D eigenvalue weighted by Gasteiger charge is 2.36. The van der Waals surface area contributed by atoms with Gasteiger partial charge in [-0.3, -0.25) is 4.90 Å². The van der Waals surface area contributed by atoms with Crippen molar-refractivity contribution in [1.29, 1.82) is 0 Å². The van der Waals surface area contributed by atoms with Crippen LogP contribution < -0.4 is 5.73 Å². The fourth-order valence-corrected chi connectivity index (χ4v) is 3.12. The summed E-state index contributed by atoms with van der Waals surface area (Å²) in [6.07, 6.45) is 2.77. The van der Waals surface area contributed by atoms with Crippen molar-refractivity contribution in [2.75, 3.05) is 6.54 Å². The van der Waals surface area contributed by atoms with E-state index in [9.17, 15) is 13.2 Å². The summed E-state index contributed by atoms with van der Waals surface area (Å²) in [7, 11) is 0. The zero-order valence-electron chi connectivity index (χ0n) is 12.8. The Labute approximate surface area is 124 Å². The zero-order chi connectivity index (χ0) is 15.8. The molecule has 0 radical (unpaired) electrons. The average Bonchev–Trinajstić information content (AvgIpc) is 2.56. The van der Waals surface area contributed by atoms with E-state index in [0.717, 1.165) is 37.9 Å². The van der Waals surface area contributed by atoms with Gasteiger partial charge in [-0.05, 0) is 57.9 Å². The molecule has 1 heterocycles. The fraction of sp³-hybridized carbons (Fsp3) is 0.625.